The van der Waals surface area contributed by atoms with Crippen molar-refractivity contribution >= 4 is 27.2 Å². The summed E-state index contributed by atoms with van der Waals surface area (Å²) < 4.78 is 33.4. The number of phenolic OH excluding ortho intramolecular Hbond substituents is 1. The molecule has 1 fully saturated rings. The van der Waals surface area contributed by atoms with Crippen LogP contribution in [0.3, 0.4) is 0 Å². The Morgan fingerprint density at radius 1 is 1.11 bits per heavy atom. The van der Waals surface area contributed by atoms with Gasteiger partial charge in [-0.1, -0.05) is 18.2 Å². The highest BCUT2D eigenvalue weighted by molar-refractivity contribution is 7.21. The Bertz CT molecular complexity index is 1380. The molecule has 0 radical (unpaired) electrons. The highest BCUT2D eigenvalue weighted by Gasteiger charge is 2.26. The minimum absolute atomic E-state index is 0.0932. The lowest BCUT2D eigenvalue weighted by atomic mass is 10.0. The number of benzene rings is 3. The summed E-state index contributed by atoms with van der Waals surface area (Å²) in [4.78, 5) is 16.0. The molecule has 1 N–H and O–H groups in total. The number of ether oxygens (including phenoxy) is 1. The van der Waals surface area contributed by atoms with Crippen LogP contribution >= 0.6 is 11.3 Å². The Balaban J connectivity index is 1.40. The lowest BCUT2D eigenvalue weighted by Gasteiger charge is -2.37. The Morgan fingerprint density at radius 3 is 2.63 bits per heavy atom. The lowest BCUT2D eigenvalue weighted by molar-refractivity contribution is 0.0824. The summed E-state index contributed by atoms with van der Waals surface area (Å²) in [6.07, 6.45) is 0.864. The first-order valence-electron chi connectivity index (χ1n) is 11.5. The van der Waals surface area contributed by atoms with Crippen LogP contribution in [-0.4, -0.2) is 42.1 Å². The fourth-order valence-electron chi connectivity index (χ4n) is 4.36. The Morgan fingerprint density at radius 2 is 1.89 bits per heavy atom. The van der Waals surface area contributed by atoms with E-state index in [4.69, 9.17) is 4.74 Å². The molecule has 3 aromatic carbocycles. The molecule has 4 nitrogen and oxygen atoms in total. The van der Waals surface area contributed by atoms with E-state index in [-0.39, 0.29) is 29.7 Å². The van der Waals surface area contributed by atoms with E-state index in [9.17, 15) is 18.7 Å². The van der Waals surface area contributed by atoms with E-state index < -0.39 is 5.82 Å². The number of ketones is 1. The molecule has 1 aromatic heterocycles. The molecule has 1 saturated heterocycles. The topological polar surface area (TPSA) is 49.8 Å². The molecule has 7 heteroatoms. The molecule has 180 valence electrons. The van der Waals surface area contributed by atoms with Gasteiger partial charge in [-0.05, 0) is 66.9 Å². The van der Waals surface area contributed by atoms with Gasteiger partial charge in [0.05, 0.1) is 6.67 Å². The number of likely N-dealkylation sites (tertiary alicyclic amines) is 1. The van der Waals surface area contributed by atoms with E-state index in [1.807, 2.05) is 24.3 Å². The van der Waals surface area contributed by atoms with Crippen LogP contribution in [-0.2, 0) is 6.42 Å². The third kappa shape index (κ3) is 4.92. The van der Waals surface area contributed by atoms with E-state index >= 15 is 0 Å². The number of halogens is 2. The van der Waals surface area contributed by atoms with E-state index in [1.165, 1.54) is 23.5 Å². The van der Waals surface area contributed by atoms with E-state index in [0.717, 1.165) is 31.6 Å². The molecule has 0 saturated carbocycles. The highest BCUT2D eigenvalue weighted by Crippen LogP contribution is 2.43. The molecular formula is C28H25F2NO3S. The Hall–Kier alpha value is -3.29. The van der Waals surface area contributed by atoms with Crippen molar-refractivity contribution in [2.24, 2.45) is 5.92 Å². The van der Waals surface area contributed by atoms with E-state index in [0.29, 0.717) is 32.0 Å². The summed E-state index contributed by atoms with van der Waals surface area (Å²) in [5, 5.41) is 10.6. The highest BCUT2D eigenvalue weighted by atomic mass is 32.1. The summed E-state index contributed by atoms with van der Waals surface area (Å²) in [5.74, 6) is 0.443. The molecule has 0 aliphatic carbocycles. The normalized spacial score (nSPS) is 14.3. The zero-order chi connectivity index (χ0) is 24.5. The van der Waals surface area contributed by atoms with E-state index in [2.05, 4.69) is 4.90 Å². The number of aromatic hydroxyl groups is 1. The Labute approximate surface area is 206 Å². The fraction of sp³-hybridized carbons (Fsp3) is 0.250. The van der Waals surface area contributed by atoms with Gasteiger partial charge in [-0.3, -0.25) is 9.18 Å². The number of carbonyl (C=O) groups excluding carboxylic acids is 1. The van der Waals surface area contributed by atoms with Crippen molar-refractivity contribution in [3.63, 3.8) is 0 Å². The number of fused-ring (bicyclic) bond motifs is 1. The van der Waals surface area contributed by atoms with Crippen LogP contribution in [0.15, 0.2) is 60.7 Å². The molecule has 35 heavy (non-hydrogen) atoms. The van der Waals surface area contributed by atoms with Gasteiger partial charge in [0.25, 0.3) is 0 Å². The van der Waals surface area contributed by atoms with Crippen molar-refractivity contribution in [1.82, 2.24) is 4.90 Å². The third-order valence-corrected chi connectivity index (χ3v) is 7.52. The number of thiophene rings is 1. The zero-order valence-electron chi connectivity index (χ0n) is 19.3. The third-order valence-electron chi connectivity index (χ3n) is 6.39. The molecule has 1 aliphatic heterocycles. The summed E-state index contributed by atoms with van der Waals surface area (Å²) in [5.41, 5.74) is 2.10. The molecule has 0 spiro atoms. The number of hydrogen-bond acceptors (Lipinski definition) is 5. The predicted octanol–water partition coefficient (Wildman–Crippen LogP) is 6.52. The average molecular weight is 494 g/mol. The van der Waals surface area contributed by atoms with Crippen LogP contribution in [0.2, 0.25) is 0 Å². The molecule has 4 aromatic rings. The number of nitrogens with zero attached hydrogens (tertiary/aromatic N) is 1. The monoisotopic (exact) mass is 493 g/mol. The summed E-state index contributed by atoms with van der Waals surface area (Å²) >= 11 is 1.21. The summed E-state index contributed by atoms with van der Waals surface area (Å²) in [7, 11) is 0. The number of hydrogen-bond donors (Lipinski definition) is 1. The van der Waals surface area contributed by atoms with Crippen LogP contribution in [0.1, 0.15) is 26.4 Å². The van der Waals surface area contributed by atoms with Crippen LogP contribution in [0.5, 0.6) is 17.2 Å². The molecule has 2 heterocycles. The maximum atomic E-state index is 13.9. The van der Waals surface area contributed by atoms with Crippen LogP contribution in [0.25, 0.3) is 10.1 Å². The minimum Gasteiger partial charge on any atom is -0.508 e. The number of aryl methyl sites for hydroxylation is 1. The molecule has 0 amide bonds. The maximum absolute atomic E-state index is 13.9. The van der Waals surface area contributed by atoms with Gasteiger partial charge in [0.2, 0.25) is 5.78 Å². The second-order valence-electron chi connectivity index (χ2n) is 9.01. The summed E-state index contributed by atoms with van der Waals surface area (Å²) in [6, 6.07) is 16.7. The molecule has 5 rings (SSSR count). The van der Waals surface area contributed by atoms with Gasteiger partial charge in [0.15, 0.2) is 5.75 Å². The van der Waals surface area contributed by atoms with Crippen molar-refractivity contribution in [2.75, 3.05) is 26.3 Å². The predicted molar refractivity (Wildman–Crippen MR) is 134 cm³/mol. The molecular weight excluding hydrogens is 468 g/mol. The van der Waals surface area contributed by atoms with Crippen molar-refractivity contribution in [3.8, 4) is 17.2 Å². The molecule has 0 atom stereocenters. The molecule has 1 aliphatic rings. The van der Waals surface area contributed by atoms with Crippen molar-refractivity contribution in [3.05, 3.63) is 88.0 Å². The SMILES string of the molecule is Cc1ccc(F)cc1C(=O)c1sc2cc(O)ccc2c1Oc1ccc(CCN2CC(CF)C2)cc1. The Kier molecular flexibility index (Phi) is 6.54. The van der Waals surface area contributed by atoms with Gasteiger partial charge in [0, 0.05) is 41.2 Å². The van der Waals surface area contributed by atoms with E-state index in [1.54, 1.807) is 31.2 Å². The quantitative estimate of drug-likeness (QED) is 0.284. The van der Waals surface area contributed by atoms with Gasteiger partial charge in [-0.15, -0.1) is 11.3 Å². The first kappa shape index (κ1) is 23.5. The molecule has 0 unspecified atom stereocenters. The summed E-state index contributed by atoms with van der Waals surface area (Å²) in [6.45, 7) is 4.05. The first-order valence-corrected chi connectivity index (χ1v) is 12.3. The van der Waals surface area contributed by atoms with Gasteiger partial charge in [-0.25, -0.2) is 4.39 Å². The van der Waals surface area contributed by atoms with Crippen molar-refractivity contribution in [1.29, 1.82) is 0 Å². The van der Waals surface area contributed by atoms with Gasteiger partial charge < -0.3 is 14.7 Å². The fourth-order valence-corrected chi connectivity index (χ4v) is 5.48. The van der Waals surface area contributed by atoms with Crippen molar-refractivity contribution < 1.29 is 23.4 Å². The largest absolute Gasteiger partial charge is 0.508 e. The second kappa shape index (κ2) is 9.76. The average Bonchev–Trinajstić information content (AvgIpc) is 3.17. The molecule has 0 bridgehead atoms. The van der Waals surface area contributed by atoms with Crippen LogP contribution in [0, 0.1) is 18.7 Å². The zero-order valence-corrected chi connectivity index (χ0v) is 20.1. The van der Waals surface area contributed by atoms with Crippen LogP contribution in [0.4, 0.5) is 8.78 Å². The lowest BCUT2D eigenvalue weighted by Crippen LogP contribution is -2.48. The van der Waals surface area contributed by atoms with Gasteiger partial charge in [0.1, 0.15) is 22.2 Å². The standard InChI is InChI=1S/C28H25F2NO3S/c1-17-2-5-20(30)12-24(17)26(33)28-27(23-9-6-21(32)13-25(23)35-28)34-22-7-3-18(4-8-22)10-11-31-15-19(14-29)16-31/h2-9,12-13,19,32H,10-11,14-16H2,1H3. The van der Waals surface area contributed by atoms with Crippen LogP contribution < -0.4 is 4.74 Å². The number of phenols is 1. The first-order chi connectivity index (χ1) is 16.9. The minimum atomic E-state index is -0.478. The van der Waals surface area contributed by atoms with Gasteiger partial charge >= 0.3 is 0 Å². The van der Waals surface area contributed by atoms with Gasteiger partial charge in [-0.2, -0.15) is 0 Å². The maximum Gasteiger partial charge on any atom is 0.207 e. The smallest absolute Gasteiger partial charge is 0.207 e. The second-order valence-corrected chi connectivity index (χ2v) is 10.1. The van der Waals surface area contributed by atoms with Crippen molar-refractivity contribution in [2.45, 2.75) is 13.3 Å². The number of rotatable bonds is 8. The number of carbonyl (C=O) groups is 1. The number of alkyl halides is 1.